The first kappa shape index (κ1) is 16.3. The van der Waals surface area contributed by atoms with Crippen molar-refractivity contribution < 1.29 is 4.79 Å². The van der Waals surface area contributed by atoms with Gasteiger partial charge in [0.15, 0.2) is 5.13 Å². The van der Waals surface area contributed by atoms with Gasteiger partial charge in [0, 0.05) is 12.4 Å². The van der Waals surface area contributed by atoms with Crippen molar-refractivity contribution in [2.45, 2.75) is 20.0 Å². The Balaban J connectivity index is 1.69. The first-order valence-corrected chi connectivity index (χ1v) is 8.89. The number of carbonyl (C=O) groups excluding carboxylic acids is 1. The van der Waals surface area contributed by atoms with Gasteiger partial charge in [-0.3, -0.25) is 14.7 Å². The molecule has 0 bridgehead atoms. The number of amides is 1. The molecule has 26 heavy (non-hydrogen) atoms. The maximum atomic E-state index is 12.9. The van der Waals surface area contributed by atoms with Gasteiger partial charge >= 0.3 is 0 Å². The molecule has 3 aromatic heterocycles. The minimum atomic E-state index is -0.102. The molecule has 0 aliphatic heterocycles. The number of hydrogen-bond donors (Lipinski definition) is 0. The zero-order valence-corrected chi connectivity index (χ0v) is 14.9. The fourth-order valence-electron chi connectivity index (χ4n) is 2.61. The number of aromatic nitrogens is 5. The first-order valence-electron chi connectivity index (χ1n) is 8.08. The fraction of sp³-hybridized carbons (Fsp3) is 0.167. The molecule has 0 unspecified atom stereocenters. The third kappa shape index (κ3) is 3.45. The molecule has 0 radical (unpaired) electrons. The Morgan fingerprint density at radius 1 is 1.27 bits per heavy atom. The summed E-state index contributed by atoms with van der Waals surface area (Å²) < 4.78 is 2.57. The minimum Gasteiger partial charge on any atom is -0.282 e. The van der Waals surface area contributed by atoms with E-state index in [1.165, 1.54) is 34.2 Å². The Kier molecular flexibility index (Phi) is 4.40. The maximum absolute atomic E-state index is 12.9. The highest BCUT2D eigenvalue weighted by Crippen LogP contribution is 2.30. The topological polar surface area (TPSA) is 76.8 Å². The summed E-state index contributed by atoms with van der Waals surface area (Å²) in [5.74, 6) is -0.102. The average molecular weight is 364 g/mol. The van der Waals surface area contributed by atoms with E-state index in [0.717, 1.165) is 15.8 Å². The molecule has 4 rings (SSSR count). The second-order valence-electron chi connectivity index (χ2n) is 5.90. The van der Waals surface area contributed by atoms with E-state index >= 15 is 0 Å². The molecule has 1 amide bonds. The lowest BCUT2D eigenvalue weighted by Gasteiger charge is -2.19. The molecule has 4 aromatic rings. The normalized spacial score (nSPS) is 11.0. The molecular weight excluding hydrogens is 348 g/mol. The van der Waals surface area contributed by atoms with Gasteiger partial charge < -0.3 is 0 Å². The van der Waals surface area contributed by atoms with Gasteiger partial charge in [-0.25, -0.2) is 14.6 Å². The number of anilines is 1. The van der Waals surface area contributed by atoms with E-state index in [4.69, 9.17) is 0 Å². The van der Waals surface area contributed by atoms with Crippen LogP contribution in [0.1, 0.15) is 11.1 Å². The van der Waals surface area contributed by atoms with Crippen molar-refractivity contribution in [3.8, 4) is 0 Å². The van der Waals surface area contributed by atoms with Gasteiger partial charge in [0.1, 0.15) is 19.2 Å². The lowest BCUT2D eigenvalue weighted by atomic mass is 10.2. The van der Waals surface area contributed by atoms with Gasteiger partial charge in [-0.05, 0) is 36.2 Å². The molecule has 0 atom stereocenters. The van der Waals surface area contributed by atoms with Crippen molar-refractivity contribution in [3.05, 3.63) is 66.5 Å². The van der Waals surface area contributed by atoms with E-state index in [1.54, 1.807) is 17.3 Å². The summed E-state index contributed by atoms with van der Waals surface area (Å²) in [7, 11) is 0. The average Bonchev–Trinajstić information content (AvgIpc) is 3.29. The molecule has 7 nitrogen and oxygen atoms in total. The third-order valence-electron chi connectivity index (χ3n) is 3.89. The Morgan fingerprint density at radius 3 is 2.96 bits per heavy atom. The number of nitrogens with zero attached hydrogens (tertiary/aromatic N) is 6. The summed E-state index contributed by atoms with van der Waals surface area (Å²) in [5, 5.41) is 4.69. The van der Waals surface area contributed by atoms with E-state index in [9.17, 15) is 4.79 Å². The predicted molar refractivity (Wildman–Crippen MR) is 99.8 cm³/mol. The molecule has 1 aromatic carbocycles. The molecule has 0 aliphatic rings. The van der Waals surface area contributed by atoms with Crippen molar-refractivity contribution in [2.75, 3.05) is 4.90 Å². The summed E-state index contributed by atoms with van der Waals surface area (Å²) in [6.45, 7) is 2.55. The van der Waals surface area contributed by atoms with Crippen LogP contribution >= 0.6 is 11.3 Å². The van der Waals surface area contributed by atoms with Crippen LogP contribution in [0.25, 0.3) is 10.2 Å². The highest BCUT2D eigenvalue weighted by Gasteiger charge is 2.21. The fourth-order valence-corrected chi connectivity index (χ4v) is 3.69. The van der Waals surface area contributed by atoms with Crippen molar-refractivity contribution >= 4 is 32.6 Å². The second kappa shape index (κ2) is 7.01. The number of benzene rings is 1. The SMILES string of the molecule is Cc1ccc2nc(N(Cc3cccnc3)C(=O)Cn3cncn3)sc2c1. The predicted octanol–water partition coefficient (Wildman–Crippen LogP) is 2.82. The van der Waals surface area contributed by atoms with Gasteiger partial charge in [0.05, 0.1) is 16.8 Å². The summed E-state index contributed by atoms with van der Waals surface area (Å²) in [5.41, 5.74) is 3.00. The van der Waals surface area contributed by atoms with E-state index in [1.807, 2.05) is 31.2 Å². The van der Waals surface area contributed by atoms with Crippen molar-refractivity contribution in [2.24, 2.45) is 0 Å². The standard InChI is InChI=1S/C18H16N6OS/c1-13-4-5-15-16(7-13)26-18(22-15)24(9-14-3-2-6-19-8-14)17(25)10-23-12-20-11-21-23/h2-8,11-12H,9-10H2,1H3. The third-order valence-corrected chi connectivity index (χ3v) is 4.93. The number of thiazole rings is 1. The number of fused-ring (bicyclic) bond motifs is 1. The van der Waals surface area contributed by atoms with E-state index in [-0.39, 0.29) is 12.5 Å². The summed E-state index contributed by atoms with van der Waals surface area (Å²) >= 11 is 1.51. The van der Waals surface area contributed by atoms with Crippen LogP contribution in [-0.2, 0) is 17.9 Å². The Labute approximate surface area is 154 Å². The van der Waals surface area contributed by atoms with Gasteiger partial charge in [0.25, 0.3) is 5.91 Å². The number of hydrogen-bond acceptors (Lipinski definition) is 6. The minimum absolute atomic E-state index is 0.102. The summed E-state index contributed by atoms with van der Waals surface area (Å²) in [6.07, 6.45) is 6.42. The van der Waals surface area contributed by atoms with Gasteiger partial charge in [-0.2, -0.15) is 5.10 Å². The summed E-state index contributed by atoms with van der Waals surface area (Å²) in [4.78, 5) is 27.3. The number of pyridine rings is 1. The van der Waals surface area contributed by atoms with Crippen LogP contribution in [0.15, 0.2) is 55.4 Å². The van der Waals surface area contributed by atoms with Crippen LogP contribution in [0.4, 0.5) is 5.13 Å². The molecule has 0 N–H and O–H groups in total. The largest absolute Gasteiger partial charge is 0.282 e. The van der Waals surface area contributed by atoms with Gasteiger partial charge in [-0.15, -0.1) is 0 Å². The highest BCUT2D eigenvalue weighted by atomic mass is 32.1. The van der Waals surface area contributed by atoms with Crippen LogP contribution in [0.2, 0.25) is 0 Å². The van der Waals surface area contributed by atoms with Crippen LogP contribution in [0, 0.1) is 6.92 Å². The van der Waals surface area contributed by atoms with Crippen molar-refractivity contribution in [1.29, 1.82) is 0 Å². The van der Waals surface area contributed by atoms with Gasteiger partial charge in [-0.1, -0.05) is 23.5 Å². The molecule has 0 aliphatic carbocycles. The van der Waals surface area contributed by atoms with Crippen LogP contribution in [-0.4, -0.2) is 30.6 Å². The number of carbonyl (C=O) groups is 1. The smallest absolute Gasteiger partial charge is 0.250 e. The van der Waals surface area contributed by atoms with E-state index < -0.39 is 0 Å². The van der Waals surface area contributed by atoms with Crippen molar-refractivity contribution in [3.63, 3.8) is 0 Å². The Bertz CT molecular complexity index is 1030. The molecular formula is C18H16N6OS. The first-order chi connectivity index (χ1) is 12.7. The second-order valence-corrected chi connectivity index (χ2v) is 6.91. The zero-order chi connectivity index (χ0) is 17.9. The van der Waals surface area contributed by atoms with Gasteiger partial charge in [0.2, 0.25) is 0 Å². The number of aryl methyl sites for hydroxylation is 1. The lowest BCUT2D eigenvalue weighted by molar-refractivity contribution is -0.119. The maximum Gasteiger partial charge on any atom is 0.250 e. The monoisotopic (exact) mass is 364 g/mol. The molecule has 0 saturated carbocycles. The molecule has 130 valence electrons. The molecule has 0 saturated heterocycles. The van der Waals surface area contributed by atoms with E-state index in [2.05, 4.69) is 26.1 Å². The van der Waals surface area contributed by atoms with Crippen LogP contribution in [0.5, 0.6) is 0 Å². The Hall–Kier alpha value is -3.13. The summed E-state index contributed by atoms with van der Waals surface area (Å²) in [6, 6.07) is 9.89. The van der Waals surface area contributed by atoms with Crippen molar-refractivity contribution in [1.82, 2.24) is 24.7 Å². The van der Waals surface area contributed by atoms with E-state index in [0.29, 0.717) is 11.7 Å². The van der Waals surface area contributed by atoms with Crippen LogP contribution in [0.3, 0.4) is 0 Å². The molecule has 0 fully saturated rings. The Morgan fingerprint density at radius 2 is 2.19 bits per heavy atom. The quantitative estimate of drug-likeness (QED) is 0.544. The zero-order valence-electron chi connectivity index (χ0n) is 14.1. The van der Waals surface area contributed by atoms with Crippen LogP contribution < -0.4 is 4.90 Å². The number of rotatable bonds is 5. The molecule has 8 heteroatoms. The molecule has 0 spiro atoms. The molecule has 3 heterocycles. The highest BCUT2D eigenvalue weighted by molar-refractivity contribution is 7.22. The lowest BCUT2D eigenvalue weighted by Crippen LogP contribution is -2.33.